The number of aliphatic carboxylic acids is 1. The van der Waals surface area contributed by atoms with Crippen molar-refractivity contribution in [1.82, 2.24) is 4.90 Å². The second kappa shape index (κ2) is 4.41. The first-order chi connectivity index (χ1) is 7.27. The molecule has 1 N–H and O–H groups in total. The lowest BCUT2D eigenvalue weighted by atomic mass is 9.94. The monoisotopic (exact) mass is 229 g/mol. The molecule has 1 heterocycles. The number of methoxy groups -OCH3 is 1. The standard InChI is InChI=1S/C11H19NO4/c1-11(2,3)10(15)12-6-7(16-4)5-8(12)9(13)14/h7-8H,5-6H2,1-4H3,(H,13,14)/t7-,8+/m1/s1. The molecule has 0 saturated carbocycles. The number of hydrogen-bond acceptors (Lipinski definition) is 3. The summed E-state index contributed by atoms with van der Waals surface area (Å²) < 4.78 is 5.13. The van der Waals surface area contributed by atoms with Gasteiger partial charge in [-0.1, -0.05) is 20.8 Å². The van der Waals surface area contributed by atoms with Crippen molar-refractivity contribution in [3.63, 3.8) is 0 Å². The maximum atomic E-state index is 12.1. The van der Waals surface area contributed by atoms with E-state index in [1.807, 2.05) is 0 Å². The Hall–Kier alpha value is -1.10. The molecule has 0 bridgehead atoms. The van der Waals surface area contributed by atoms with Gasteiger partial charge < -0.3 is 14.7 Å². The van der Waals surface area contributed by atoms with Gasteiger partial charge in [-0.15, -0.1) is 0 Å². The van der Waals surface area contributed by atoms with Crippen LogP contribution in [-0.4, -0.2) is 47.7 Å². The van der Waals surface area contributed by atoms with Gasteiger partial charge in [0, 0.05) is 25.5 Å². The Labute approximate surface area is 95.4 Å². The first kappa shape index (κ1) is 13.0. The van der Waals surface area contributed by atoms with Gasteiger partial charge in [0.2, 0.25) is 5.91 Å². The van der Waals surface area contributed by atoms with E-state index < -0.39 is 17.4 Å². The number of carbonyl (C=O) groups is 2. The van der Waals surface area contributed by atoms with Crippen LogP contribution in [0.25, 0.3) is 0 Å². The Morgan fingerprint density at radius 1 is 1.38 bits per heavy atom. The molecule has 1 fully saturated rings. The molecule has 2 atom stereocenters. The first-order valence-electron chi connectivity index (χ1n) is 5.34. The number of hydrogen-bond donors (Lipinski definition) is 1. The average Bonchev–Trinajstić information content (AvgIpc) is 2.58. The summed E-state index contributed by atoms with van der Waals surface area (Å²) in [6, 6.07) is -0.753. The van der Waals surface area contributed by atoms with Gasteiger partial charge in [-0.3, -0.25) is 4.79 Å². The number of ether oxygens (including phenoxy) is 1. The molecule has 92 valence electrons. The molecule has 1 amide bonds. The molecular formula is C11H19NO4. The minimum Gasteiger partial charge on any atom is -0.480 e. The quantitative estimate of drug-likeness (QED) is 0.758. The van der Waals surface area contributed by atoms with E-state index in [0.29, 0.717) is 13.0 Å². The second-order valence-corrected chi connectivity index (χ2v) is 5.15. The summed E-state index contributed by atoms with van der Waals surface area (Å²) in [5.74, 6) is -1.10. The zero-order valence-corrected chi connectivity index (χ0v) is 10.2. The Morgan fingerprint density at radius 3 is 2.31 bits per heavy atom. The Morgan fingerprint density at radius 2 is 1.94 bits per heavy atom. The van der Waals surface area contributed by atoms with Gasteiger partial charge in [0.05, 0.1) is 6.10 Å². The molecule has 5 nitrogen and oxygen atoms in total. The highest BCUT2D eigenvalue weighted by Crippen LogP contribution is 2.26. The van der Waals surface area contributed by atoms with Gasteiger partial charge in [-0.25, -0.2) is 4.79 Å². The minimum absolute atomic E-state index is 0.139. The predicted octanol–water partition coefficient (Wildman–Crippen LogP) is 0.733. The third-order valence-corrected chi connectivity index (χ3v) is 2.78. The maximum absolute atomic E-state index is 12.1. The van der Waals surface area contributed by atoms with Gasteiger partial charge in [0.15, 0.2) is 0 Å². The highest BCUT2D eigenvalue weighted by Gasteiger charge is 2.42. The van der Waals surface area contributed by atoms with Crippen LogP contribution in [-0.2, 0) is 14.3 Å². The number of likely N-dealkylation sites (tertiary alicyclic amines) is 1. The smallest absolute Gasteiger partial charge is 0.326 e. The molecule has 1 saturated heterocycles. The average molecular weight is 229 g/mol. The van der Waals surface area contributed by atoms with Crippen LogP contribution in [0, 0.1) is 5.41 Å². The largest absolute Gasteiger partial charge is 0.480 e. The lowest BCUT2D eigenvalue weighted by Crippen LogP contribution is -2.45. The lowest BCUT2D eigenvalue weighted by molar-refractivity contribution is -0.151. The number of carbonyl (C=O) groups excluding carboxylic acids is 1. The second-order valence-electron chi connectivity index (χ2n) is 5.15. The number of nitrogens with zero attached hydrogens (tertiary/aromatic N) is 1. The van der Waals surface area contributed by atoms with Crippen LogP contribution in [0.5, 0.6) is 0 Å². The van der Waals surface area contributed by atoms with Crippen molar-refractivity contribution in [3.8, 4) is 0 Å². The number of carboxylic acid groups (broad SMARTS) is 1. The van der Waals surface area contributed by atoms with E-state index in [0.717, 1.165) is 0 Å². The van der Waals surface area contributed by atoms with E-state index >= 15 is 0 Å². The van der Waals surface area contributed by atoms with Gasteiger partial charge in [0.25, 0.3) is 0 Å². The Balaban J connectivity index is 2.85. The van der Waals surface area contributed by atoms with E-state index in [2.05, 4.69) is 0 Å². The Kier molecular flexibility index (Phi) is 3.57. The normalized spacial score (nSPS) is 25.9. The van der Waals surface area contributed by atoms with Crippen molar-refractivity contribution in [2.45, 2.75) is 39.3 Å². The van der Waals surface area contributed by atoms with Crippen LogP contribution < -0.4 is 0 Å². The van der Waals surface area contributed by atoms with Crippen molar-refractivity contribution >= 4 is 11.9 Å². The fourth-order valence-corrected chi connectivity index (χ4v) is 1.86. The first-order valence-corrected chi connectivity index (χ1v) is 5.34. The maximum Gasteiger partial charge on any atom is 0.326 e. The zero-order valence-electron chi connectivity index (χ0n) is 10.2. The van der Waals surface area contributed by atoms with Crippen molar-refractivity contribution in [1.29, 1.82) is 0 Å². The van der Waals surface area contributed by atoms with Crippen LogP contribution in [0.2, 0.25) is 0 Å². The fourth-order valence-electron chi connectivity index (χ4n) is 1.86. The highest BCUT2D eigenvalue weighted by atomic mass is 16.5. The van der Waals surface area contributed by atoms with Crippen LogP contribution in [0.1, 0.15) is 27.2 Å². The summed E-state index contributed by atoms with van der Waals surface area (Å²) in [5, 5.41) is 9.06. The SMILES string of the molecule is CO[C@@H]1C[C@@H](C(=O)O)N(C(=O)C(C)(C)C)C1. The third-order valence-electron chi connectivity index (χ3n) is 2.78. The molecule has 1 aliphatic heterocycles. The van der Waals surface area contributed by atoms with Gasteiger partial charge >= 0.3 is 5.97 Å². The molecule has 0 unspecified atom stereocenters. The van der Waals surface area contributed by atoms with Crippen LogP contribution >= 0.6 is 0 Å². The van der Waals surface area contributed by atoms with Crippen molar-refractivity contribution in [2.75, 3.05) is 13.7 Å². The molecule has 0 radical (unpaired) electrons. The van der Waals surface area contributed by atoms with Gasteiger partial charge in [0.1, 0.15) is 6.04 Å². The van der Waals surface area contributed by atoms with Gasteiger partial charge in [-0.2, -0.15) is 0 Å². The Bertz CT molecular complexity index is 295. The number of rotatable bonds is 2. The molecule has 0 aromatic rings. The lowest BCUT2D eigenvalue weighted by Gasteiger charge is -2.28. The van der Waals surface area contributed by atoms with E-state index in [1.54, 1.807) is 20.8 Å². The molecule has 0 spiro atoms. The molecule has 16 heavy (non-hydrogen) atoms. The summed E-state index contributed by atoms with van der Waals surface area (Å²) in [6.07, 6.45) is 0.195. The molecule has 1 rings (SSSR count). The fraction of sp³-hybridized carbons (Fsp3) is 0.818. The molecule has 5 heteroatoms. The van der Waals surface area contributed by atoms with E-state index in [9.17, 15) is 9.59 Å². The van der Waals surface area contributed by atoms with Crippen LogP contribution in [0.3, 0.4) is 0 Å². The summed E-state index contributed by atoms with van der Waals surface area (Å²) in [4.78, 5) is 24.5. The predicted molar refractivity (Wildman–Crippen MR) is 58.0 cm³/mol. The molecule has 1 aliphatic rings. The summed E-state index contributed by atoms with van der Waals surface area (Å²) in [5.41, 5.74) is -0.559. The molecular weight excluding hydrogens is 210 g/mol. The summed E-state index contributed by atoms with van der Waals surface area (Å²) in [6.45, 7) is 5.72. The number of amides is 1. The van der Waals surface area contributed by atoms with E-state index in [4.69, 9.17) is 9.84 Å². The molecule has 0 aromatic carbocycles. The zero-order chi connectivity index (χ0) is 12.5. The van der Waals surface area contributed by atoms with Crippen molar-refractivity contribution in [3.05, 3.63) is 0 Å². The summed E-state index contributed by atoms with van der Waals surface area (Å²) >= 11 is 0. The highest BCUT2D eigenvalue weighted by molar-refractivity contribution is 5.87. The van der Waals surface area contributed by atoms with Gasteiger partial charge in [-0.05, 0) is 0 Å². The van der Waals surface area contributed by atoms with Crippen molar-refractivity contribution < 1.29 is 19.4 Å². The van der Waals surface area contributed by atoms with Crippen LogP contribution in [0.15, 0.2) is 0 Å². The number of carboxylic acids is 1. The van der Waals surface area contributed by atoms with E-state index in [-0.39, 0.29) is 12.0 Å². The van der Waals surface area contributed by atoms with Crippen LogP contribution in [0.4, 0.5) is 0 Å². The molecule has 0 aliphatic carbocycles. The minimum atomic E-state index is -0.961. The van der Waals surface area contributed by atoms with Crippen molar-refractivity contribution in [2.24, 2.45) is 5.41 Å². The molecule has 0 aromatic heterocycles. The summed E-state index contributed by atoms with van der Waals surface area (Å²) in [7, 11) is 1.54. The van der Waals surface area contributed by atoms with E-state index in [1.165, 1.54) is 12.0 Å². The topological polar surface area (TPSA) is 66.8 Å². The third kappa shape index (κ3) is 2.52.